The number of thiophene rings is 1. The lowest BCUT2D eigenvalue weighted by atomic mass is 9.87. The molecule has 1 aliphatic carbocycles. The molecule has 0 saturated carbocycles. The predicted octanol–water partition coefficient (Wildman–Crippen LogP) is 2.62. The molecule has 0 N–H and O–H groups in total. The summed E-state index contributed by atoms with van der Waals surface area (Å²) in [6.07, 6.45) is 5.36. The molecule has 3 aromatic rings. The van der Waals surface area contributed by atoms with Crippen molar-refractivity contribution in [1.82, 2.24) is 19.6 Å². The Kier molecular flexibility index (Phi) is 3.06. The van der Waals surface area contributed by atoms with E-state index in [1.165, 1.54) is 35.1 Å². The molecular formula is C16H19N5OS. The second kappa shape index (κ2) is 5.14. The summed E-state index contributed by atoms with van der Waals surface area (Å²) in [6.45, 7) is 5.53. The summed E-state index contributed by atoms with van der Waals surface area (Å²) >= 11 is 1.85. The van der Waals surface area contributed by atoms with Gasteiger partial charge in [0.2, 0.25) is 5.95 Å². The molecule has 0 spiro atoms. The first-order valence-electron chi connectivity index (χ1n) is 8.30. The lowest BCUT2D eigenvalue weighted by Crippen LogP contribution is -2.38. The SMILES string of the molecule is C[C@H]1CCCc2sc3nc(N4CCOCC4)n4ncnc4c3c21. The molecule has 4 heterocycles. The molecule has 7 heteroatoms. The van der Waals surface area contributed by atoms with E-state index in [1.807, 2.05) is 15.9 Å². The highest BCUT2D eigenvalue weighted by Gasteiger charge is 2.27. The lowest BCUT2D eigenvalue weighted by Gasteiger charge is -2.27. The number of rotatable bonds is 1. The van der Waals surface area contributed by atoms with Gasteiger partial charge in [-0.15, -0.1) is 11.3 Å². The molecule has 0 aromatic carbocycles. The molecule has 1 fully saturated rings. The van der Waals surface area contributed by atoms with Crippen LogP contribution in [0.1, 0.15) is 36.1 Å². The molecular weight excluding hydrogens is 310 g/mol. The molecule has 0 bridgehead atoms. The van der Waals surface area contributed by atoms with Crippen LogP contribution in [0, 0.1) is 0 Å². The largest absolute Gasteiger partial charge is 0.378 e. The van der Waals surface area contributed by atoms with Crippen LogP contribution in [-0.4, -0.2) is 45.9 Å². The summed E-state index contributed by atoms with van der Waals surface area (Å²) < 4.78 is 7.39. The average molecular weight is 329 g/mol. The first kappa shape index (κ1) is 13.7. The maximum atomic E-state index is 5.47. The second-order valence-electron chi connectivity index (χ2n) is 6.42. The van der Waals surface area contributed by atoms with Gasteiger partial charge in [0.15, 0.2) is 5.65 Å². The van der Waals surface area contributed by atoms with E-state index in [4.69, 9.17) is 9.72 Å². The summed E-state index contributed by atoms with van der Waals surface area (Å²) in [7, 11) is 0. The van der Waals surface area contributed by atoms with Gasteiger partial charge >= 0.3 is 0 Å². The Hall–Kier alpha value is -1.73. The molecule has 3 aromatic heterocycles. The highest BCUT2D eigenvalue weighted by molar-refractivity contribution is 7.19. The second-order valence-corrected chi connectivity index (χ2v) is 7.50. The van der Waals surface area contributed by atoms with Gasteiger partial charge in [-0.2, -0.15) is 9.61 Å². The summed E-state index contributed by atoms with van der Waals surface area (Å²) in [4.78, 5) is 14.4. The molecule has 6 nitrogen and oxygen atoms in total. The highest BCUT2D eigenvalue weighted by atomic mass is 32.1. The van der Waals surface area contributed by atoms with Gasteiger partial charge in [-0.25, -0.2) is 9.97 Å². The van der Waals surface area contributed by atoms with Crippen molar-refractivity contribution < 1.29 is 4.74 Å². The quantitative estimate of drug-likeness (QED) is 0.687. The molecule has 1 atom stereocenters. The fraction of sp³-hybridized carbons (Fsp3) is 0.562. The Morgan fingerprint density at radius 1 is 1.30 bits per heavy atom. The lowest BCUT2D eigenvalue weighted by molar-refractivity contribution is 0.122. The fourth-order valence-electron chi connectivity index (χ4n) is 3.86. The molecule has 0 amide bonds. The van der Waals surface area contributed by atoms with Crippen LogP contribution >= 0.6 is 11.3 Å². The van der Waals surface area contributed by atoms with Gasteiger partial charge in [-0.05, 0) is 30.7 Å². The molecule has 1 saturated heterocycles. The van der Waals surface area contributed by atoms with Crippen LogP contribution in [0.2, 0.25) is 0 Å². The maximum Gasteiger partial charge on any atom is 0.230 e. The average Bonchev–Trinajstić information content (AvgIpc) is 3.19. The summed E-state index contributed by atoms with van der Waals surface area (Å²) in [6, 6.07) is 0. The predicted molar refractivity (Wildman–Crippen MR) is 90.6 cm³/mol. The van der Waals surface area contributed by atoms with Crippen molar-refractivity contribution in [3.05, 3.63) is 16.8 Å². The van der Waals surface area contributed by atoms with Crippen LogP contribution in [0.5, 0.6) is 0 Å². The standard InChI is InChI=1S/C16H19N5OS/c1-10-3-2-4-11-12(10)13-14-17-9-18-21(14)16(19-15(13)23-11)20-5-7-22-8-6-20/h9-10H,2-8H2,1H3/t10-/m0/s1. The third-order valence-electron chi connectivity index (χ3n) is 4.99. The topological polar surface area (TPSA) is 55.6 Å². The van der Waals surface area contributed by atoms with Gasteiger partial charge in [0.25, 0.3) is 0 Å². The van der Waals surface area contributed by atoms with E-state index in [2.05, 4.69) is 21.9 Å². The zero-order valence-corrected chi connectivity index (χ0v) is 14.0. The van der Waals surface area contributed by atoms with Gasteiger partial charge in [0.05, 0.1) is 18.6 Å². The Morgan fingerprint density at radius 3 is 3.04 bits per heavy atom. The molecule has 120 valence electrons. The van der Waals surface area contributed by atoms with Crippen molar-refractivity contribution in [2.75, 3.05) is 31.2 Å². The van der Waals surface area contributed by atoms with E-state index in [-0.39, 0.29) is 0 Å². The molecule has 2 aliphatic rings. The Labute approximate surface area is 138 Å². The molecule has 23 heavy (non-hydrogen) atoms. The monoisotopic (exact) mass is 329 g/mol. The number of hydrogen-bond donors (Lipinski definition) is 0. The minimum atomic E-state index is 0.587. The minimum absolute atomic E-state index is 0.587. The van der Waals surface area contributed by atoms with Crippen LogP contribution in [0.4, 0.5) is 5.95 Å². The molecule has 1 aliphatic heterocycles. The van der Waals surface area contributed by atoms with E-state index < -0.39 is 0 Å². The number of hydrogen-bond acceptors (Lipinski definition) is 6. The van der Waals surface area contributed by atoms with Gasteiger partial charge in [0, 0.05) is 18.0 Å². The number of fused-ring (bicyclic) bond motifs is 5. The van der Waals surface area contributed by atoms with Crippen molar-refractivity contribution >= 4 is 33.1 Å². The maximum absolute atomic E-state index is 5.47. The van der Waals surface area contributed by atoms with Crippen molar-refractivity contribution in [1.29, 1.82) is 0 Å². The van der Waals surface area contributed by atoms with E-state index in [1.54, 1.807) is 6.33 Å². The van der Waals surface area contributed by atoms with E-state index in [0.29, 0.717) is 5.92 Å². The van der Waals surface area contributed by atoms with Crippen molar-refractivity contribution in [3.8, 4) is 0 Å². The van der Waals surface area contributed by atoms with E-state index in [0.717, 1.165) is 42.7 Å². The van der Waals surface area contributed by atoms with Gasteiger partial charge in [0.1, 0.15) is 11.2 Å². The first-order chi connectivity index (χ1) is 11.3. The smallest absolute Gasteiger partial charge is 0.230 e. The third-order valence-corrected chi connectivity index (χ3v) is 6.15. The van der Waals surface area contributed by atoms with Gasteiger partial charge < -0.3 is 9.64 Å². The summed E-state index contributed by atoms with van der Waals surface area (Å²) in [5, 5.41) is 5.69. The first-order valence-corrected chi connectivity index (χ1v) is 9.12. The van der Waals surface area contributed by atoms with Crippen LogP contribution < -0.4 is 4.90 Å². The number of morpholine rings is 1. The number of ether oxygens (including phenoxy) is 1. The van der Waals surface area contributed by atoms with E-state index in [9.17, 15) is 0 Å². The Morgan fingerprint density at radius 2 is 2.17 bits per heavy atom. The Bertz CT molecular complexity index is 879. The number of aryl methyl sites for hydroxylation is 1. The number of nitrogens with zero attached hydrogens (tertiary/aromatic N) is 5. The Balaban J connectivity index is 1.79. The summed E-state index contributed by atoms with van der Waals surface area (Å²) in [5.74, 6) is 1.49. The normalized spacial score (nSPS) is 22.0. The van der Waals surface area contributed by atoms with Crippen molar-refractivity contribution in [3.63, 3.8) is 0 Å². The fourth-order valence-corrected chi connectivity index (χ4v) is 5.18. The van der Waals surface area contributed by atoms with Crippen LogP contribution in [0.25, 0.3) is 15.9 Å². The zero-order chi connectivity index (χ0) is 15.4. The minimum Gasteiger partial charge on any atom is -0.378 e. The van der Waals surface area contributed by atoms with E-state index >= 15 is 0 Å². The van der Waals surface area contributed by atoms with Gasteiger partial charge in [-0.3, -0.25) is 0 Å². The number of anilines is 1. The third kappa shape index (κ3) is 1.99. The number of aromatic nitrogens is 4. The van der Waals surface area contributed by atoms with Crippen LogP contribution in [0.15, 0.2) is 6.33 Å². The molecule has 0 unspecified atom stereocenters. The van der Waals surface area contributed by atoms with Crippen molar-refractivity contribution in [2.45, 2.75) is 32.1 Å². The molecule has 5 rings (SSSR count). The highest BCUT2D eigenvalue weighted by Crippen LogP contribution is 2.43. The summed E-state index contributed by atoms with van der Waals surface area (Å²) in [5.41, 5.74) is 2.43. The molecule has 0 radical (unpaired) electrons. The van der Waals surface area contributed by atoms with Crippen LogP contribution in [0.3, 0.4) is 0 Å². The van der Waals surface area contributed by atoms with Gasteiger partial charge in [-0.1, -0.05) is 6.92 Å². The van der Waals surface area contributed by atoms with Crippen LogP contribution in [-0.2, 0) is 11.2 Å². The zero-order valence-electron chi connectivity index (χ0n) is 13.2. The van der Waals surface area contributed by atoms with Crippen molar-refractivity contribution in [2.24, 2.45) is 0 Å².